The molecule has 2 atom stereocenters. The van der Waals surface area contributed by atoms with Gasteiger partial charge in [-0.15, -0.1) is 0 Å². The predicted molar refractivity (Wildman–Crippen MR) is 79.7 cm³/mol. The van der Waals surface area contributed by atoms with Crippen LogP contribution in [0.4, 0.5) is 0 Å². The first-order valence-corrected chi connectivity index (χ1v) is 7.95. The summed E-state index contributed by atoms with van der Waals surface area (Å²) in [5, 5.41) is 3.57. The van der Waals surface area contributed by atoms with Gasteiger partial charge in [0.25, 0.3) is 0 Å². The van der Waals surface area contributed by atoms with Gasteiger partial charge in [0.05, 0.1) is 6.10 Å². The number of carbonyl (C=O) groups excluding carboxylic acids is 1. The topological polar surface area (TPSA) is 41.6 Å². The van der Waals surface area contributed by atoms with E-state index in [0.717, 1.165) is 32.3 Å². The van der Waals surface area contributed by atoms with Gasteiger partial charge in [-0.3, -0.25) is 10.1 Å². The Morgan fingerprint density at radius 3 is 2.71 bits per heavy atom. The van der Waals surface area contributed by atoms with Crippen molar-refractivity contribution in [1.82, 2.24) is 10.2 Å². The van der Waals surface area contributed by atoms with Crippen LogP contribution in [-0.4, -0.2) is 35.6 Å². The van der Waals surface area contributed by atoms with Gasteiger partial charge in [-0.05, 0) is 38.2 Å². The third kappa shape index (κ3) is 2.27. The second-order valence-electron chi connectivity index (χ2n) is 6.63. The fraction of sp³-hybridized carbons (Fsp3) is 0.588. The molecule has 0 aromatic heterocycles. The highest BCUT2D eigenvalue weighted by Gasteiger charge is 2.59. The maximum atomic E-state index is 12.7. The lowest BCUT2D eigenvalue weighted by Gasteiger charge is -2.27. The molecule has 3 fully saturated rings. The van der Waals surface area contributed by atoms with E-state index in [1.54, 1.807) is 0 Å². The van der Waals surface area contributed by atoms with Crippen molar-refractivity contribution >= 4 is 5.91 Å². The van der Waals surface area contributed by atoms with Crippen LogP contribution in [0, 0.1) is 6.92 Å². The Morgan fingerprint density at radius 1 is 1.33 bits per heavy atom. The lowest BCUT2D eigenvalue weighted by atomic mass is 10.1. The molecule has 3 aliphatic rings. The van der Waals surface area contributed by atoms with Crippen LogP contribution in [0.25, 0.3) is 0 Å². The van der Waals surface area contributed by atoms with Gasteiger partial charge in [-0.2, -0.15) is 0 Å². The summed E-state index contributed by atoms with van der Waals surface area (Å²) < 4.78 is 5.73. The molecule has 0 radical (unpaired) electrons. The molecule has 2 aliphatic heterocycles. The third-order valence-corrected chi connectivity index (χ3v) is 4.96. The van der Waals surface area contributed by atoms with E-state index in [1.165, 1.54) is 11.1 Å². The monoisotopic (exact) mass is 286 g/mol. The number of amides is 1. The third-order valence-electron chi connectivity index (χ3n) is 4.96. The standard InChI is InChI=1S/C17H22N2O2/c1-12-4-6-13(7-5-12)15-18-17(8-9-17)16(20)19(15)11-14-3-2-10-21-14/h4-7,14-15,18H,2-3,8-11H2,1H3. The van der Waals surface area contributed by atoms with E-state index in [9.17, 15) is 4.79 Å². The van der Waals surface area contributed by atoms with Crippen LogP contribution in [0.15, 0.2) is 24.3 Å². The zero-order valence-corrected chi connectivity index (χ0v) is 12.5. The first-order valence-electron chi connectivity index (χ1n) is 7.95. The van der Waals surface area contributed by atoms with Crippen molar-refractivity contribution in [3.8, 4) is 0 Å². The number of nitrogens with zero attached hydrogens (tertiary/aromatic N) is 1. The molecule has 4 nitrogen and oxygen atoms in total. The van der Waals surface area contributed by atoms with Gasteiger partial charge in [0.2, 0.25) is 5.91 Å². The van der Waals surface area contributed by atoms with Gasteiger partial charge >= 0.3 is 0 Å². The minimum atomic E-state index is -0.270. The summed E-state index contributed by atoms with van der Waals surface area (Å²) in [6, 6.07) is 8.49. The van der Waals surface area contributed by atoms with Gasteiger partial charge in [-0.1, -0.05) is 29.8 Å². The highest BCUT2D eigenvalue weighted by atomic mass is 16.5. The highest BCUT2D eigenvalue weighted by Crippen LogP contribution is 2.46. The maximum Gasteiger partial charge on any atom is 0.244 e. The molecule has 2 saturated heterocycles. The van der Waals surface area contributed by atoms with E-state index in [2.05, 4.69) is 36.5 Å². The van der Waals surface area contributed by atoms with Gasteiger partial charge in [-0.25, -0.2) is 0 Å². The first-order chi connectivity index (χ1) is 10.2. The molecule has 1 N–H and O–H groups in total. The molecular weight excluding hydrogens is 264 g/mol. The molecule has 112 valence electrons. The zero-order valence-electron chi connectivity index (χ0n) is 12.5. The van der Waals surface area contributed by atoms with Gasteiger partial charge in [0.15, 0.2) is 0 Å². The van der Waals surface area contributed by atoms with Crippen molar-refractivity contribution in [2.45, 2.75) is 50.4 Å². The van der Waals surface area contributed by atoms with Crippen molar-refractivity contribution in [2.75, 3.05) is 13.2 Å². The summed E-state index contributed by atoms with van der Waals surface area (Å²) >= 11 is 0. The van der Waals surface area contributed by atoms with E-state index in [4.69, 9.17) is 4.74 Å². The number of hydrogen-bond acceptors (Lipinski definition) is 3. The van der Waals surface area contributed by atoms with E-state index in [1.807, 2.05) is 4.90 Å². The lowest BCUT2D eigenvalue weighted by molar-refractivity contribution is -0.132. The van der Waals surface area contributed by atoms with Crippen LogP contribution in [0.2, 0.25) is 0 Å². The summed E-state index contributed by atoms with van der Waals surface area (Å²) in [6.45, 7) is 3.64. The summed E-state index contributed by atoms with van der Waals surface area (Å²) in [4.78, 5) is 14.7. The normalized spacial score (nSPS) is 30.3. The highest BCUT2D eigenvalue weighted by molar-refractivity contribution is 5.92. The number of rotatable bonds is 3. The van der Waals surface area contributed by atoms with E-state index < -0.39 is 0 Å². The number of benzene rings is 1. The molecule has 21 heavy (non-hydrogen) atoms. The summed E-state index contributed by atoms with van der Waals surface area (Å²) in [7, 11) is 0. The molecule has 0 bridgehead atoms. The van der Waals surface area contributed by atoms with Crippen molar-refractivity contribution in [3.63, 3.8) is 0 Å². The maximum absolute atomic E-state index is 12.7. The number of aryl methyl sites for hydroxylation is 1. The fourth-order valence-corrected chi connectivity index (χ4v) is 3.48. The number of hydrogen-bond donors (Lipinski definition) is 1. The van der Waals surface area contributed by atoms with Crippen LogP contribution in [0.3, 0.4) is 0 Å². The number of carbonyl (C=O) groups is 1. The Bertz CT molecular complexity index is 544. The Morgan fingerprint density at radius 2 is 2.10 bits per heavy atom. The van der Waals surface area contributed by atoms with Gasteiger partial charge in [0.1, 0.15) is 11.7 Å². The smallest absolute Gasteiger partial charge is 0.244 e. The largest absolute Gasteiger partial charge is 0.376 e. The average Bonchev–Trinajstić information content (AvgIpc) is 2.99. The quantitative estimate of drug-likeness (QED) is 0.925. The Balaban J connectivity index is 1.60. The van der Waals surface area contributed by atoms with Crippen molar-refractivity contribution in [2.24, 2.45) is 0 Å². The molecule has 2 unspecified atom stereocenters. The summed E-state index contributed by atoms with van der Waals surface area (Å²) in [5.74, 6) is 0.267. The van der Waals surface area contributed by atoms with Crippen molar-refractivity contribution in [1.29, 1.82) is 0 Å². The molecule has 1 spiro atoms. The van der Waals surface area contributed by atoms with E-state index >= 15 is 0 Å². The van der Waals surface area contributed by atoms with Crippen LogP contribution >= 0.6 is 0 Å². The fourth-order valence-electron chi connectivity index (χ4n) is 3.48. The van der Waals surface area contributed by atoms with Crippen LogP contribution < -0.4 is 5.32 Å². The second-order valence-corrected chi connectivity index (χ2v) is 6.63. The van der Waals surface area contributed by atoms with Gasteiger partial charge < -0.3 is 9.64 Å². The van der Waals surface area contributed by atoms with Crippen LogP contribution in [0.1, 0.15) is 43.0 Å². The van der Waals surface area contributed by atoms with Crippen LogP contribution in [0.5, 0.6) is 0 Å². The molecule has 4 heteroatoms. The molecule has 1 aromatic rings. The molecule has 1 amide bonds. The lowest BCUT2D eigenvalue weighted by Crippen LogP contribution is -2.37. The Labute approximate surface area is 125 Å². The second kappa shape index (κ2) is 4.82. The predicted octanol–water partition coefficient (Wildman–Crippen LogP) is 2.14. The number of nitrogens with one attached hydrogen (secondary N) is 1. The average molecular weight is 286 g/mol. The summed E-state index contributed by atoms with van der Waals surface area (Å²) in [6.07, 6.45) is 4.33. The molecular formula is C17H22N2O2. The molecule has 1 aliphatic carbocycles. The van der Waals surface area contributed by atoms with E-state index in [-0.39, 0.29) is 23.7 Å². The minimum absolute atomic E-state index is 0.00444. The first kappa shape index (κ1) is 13.3. The molecule has 2 heterocycles. The summed E-state index contributed by atoms with van der Waals surface area (Å²) in [5.41, 5.74) is 2.15. The SMILES string of the molecule is Cc1ccc(C2NC3(CC3)C(=O)N2CC2CCCO2)cc1. The molecule has 1 saturated carbocycles. The van der Waals surface area contributed by atoms with Crippen LogP contribution in [-0.2, 0) is 9.53 Å². The van der Waals surface area contributed by atoms with Crippen molar-refractivity contribution in [3.05, 3.63) is 35.4 Å². The molecule has 1 aromatic carbocycles. The zero-order chi connectivity index (χ0) is 14.4. The van der Waals surface area contributed by atoms with E-state index in [0.29, 0.717) is 6.54 Å². The Hall–Kier alpha value is -1.39. The van der Waals surface area contributed by atoms with Gasteiger partial charge in [0, 0.05) is 13.2 Å². The minimum Gasteiger partial charge on any atom is -0.376 e. The Kier molecular flexibility index (Phi) is 3.05. The van der Waals surface area contributed by atoms with Crippen molar-refractivity contribution < 1.29 is 9.53 Å². The number of ether oxygens (including phenoxy) is 1. The molecule has 4 rings (SSSR count).